The van der Waals surface area contributed by atoms with Crippen LogP contribution in [0.2, 0.25) is 0 Å². The number of rotatable bonds is 6. The lowest BCUT2D eigenvalue weighted by atomic mass is 9.97. The topological polar surface area (TPSA) is 124 Å². The van der Waals surface area contributed by atoms with E-state index in [4.69, 9.17) is 10.5 Å². The Balaban J connectivity index is 1.26. The number of fused-ring (bicyclic) bond motifs is 1. The molecular formula is C28H24F2N6O3. The highest BCUT2D eigenvalue weighted by atomic mass is 19.1. The maximum absolute atomic E-state index is 14.9. The molecular weight excluding hydrogens is 506 g/mol. The highest BCUT2D eigenvalue weighted by Gasteiger charge is 2.16. The molecule has 4 aromatic rings. The van der Waals surface area contributed by atoms with E-state index in [1.165, 1.54) is 48.3 Å². The summed E-state index contributed by atoms with van der Waals surface area (Å²) in [6.45, 7) is 0. The molecule has 39 heavy (non-hydrogen) atoms. The molecule has 3 amide bonds. The number of ether oxygens (including phenoxy) is 1. The van der Waals surface area contributed by atoms with Crippen molar-refractivity contribution >= 4 is 29.2 Å². The number of aromatic nitrogens is 3. The molecule has 5 rings (SSSR count). The number of carbonyl (C=O) groups is 2. The number of hydrogen-bond donors (Lipinski definition) is 3. The molecule has 1 aliphatic carbocycles. The molecule has 0 bridgehead atoms. The maximum atomic E-state index is 14.9. The zero-order valence-electron chi connectivity index (χ0n) is 20.7. The van der Waals surface area contributed by atoms with Crippen molar-refractivity contribution in [3.05, 3.63) is 101 Å². The van der Waals surface area contributed by atoms with Crippen LogP contribution in [0, 0.1) is 11.6 Å². The number of nitrogens with zero attached hydrogens (tertiary/aromatic N) is 3. The number of hydrogen-bond acceptors (Lipinski definition) is 6. The van der Waals surface area contributed by atoms with E-state index in [0.29, 0.717) is 11.1 Å². The number of nitrogens with one attached hydrogen (secondary N) is 2. The van der Waals surface area contributed by atoms with Crippen LogP contribution in [-0.2, 0) is 11.2 Å². The molecule has 0 radical (unpaired) electrons. The van der Waals surface area contributed by atoms with Gasteiger partial charge in [0.05, 0.1) is 6.42 Å². The summed E-state index contributed by atoms with van der Waals surface area (Å²) in [5, 5.41) is 8.76. The fourth-order valence-electron chi connectivity index (χ4n) is 4.15. The van der Waals surface area contributed by atoms with Crippen molar-refractivity contribution in [2.75, 3.05) is 5.32 Å². The first-order chi connectivity index (χ1) is 18.8. The van der Waals surface area contributed by atoms with Gasteiger partial charge >= 0.3 is 6.03 Å². The number of nitrogens with two attached hydrogens (primary N) is 1. The summed E-state index contributed by atoms with van der Waals surface area (Å²) < 4.78 is 35.3. The average molecular weight is 531 g/mol. The fraction of sp³-hybridized carbons (Fsp3) is 0.143. The van der Waals surface area contributed by atoms with Gasteiger partial charge in [-0.15, -0.1) is 0 Å². The highest BCUT2D eigenvalue weighted by molar-refractivity contribution is 6.01. The lowest BCUT2D eigenvalue weighted by molar-refractivity contribution is -0.119. The van der Waals surface area contributed by atoms with Crippen LogP contribution in [0.3, 0.4) is 0 Å². The predicted octanol–water partition coefficient (Wildman–Crippen LogP) is 5.10. The van der Waals surface area contributed by atoms with Crippen LogP contribution in [0.4, 0.5) is 19.3 Å². The number of amides is 3. The van der Waals surface area contributed by atoms with Crippen molar-refractivity contribution < 1.29 is 23.1 Å². The second-order valence-electron chi connectivity index (χ2n) is 8.97. The molecule has 0 atom stereocenters. The minimum atomic E-state index is -0.835. The molecule has 0 saturated heterocycles. The van der Waals surface area contributed by atoms with Gasteiger partial charge in [-0.05, 0) is 55.2 Å². The first-order valence-corrected chi connectivity index (χ1v) is 12.1. The smallest absolute Gasteiger partial charge is 0.325 e. The number of benzene rings is 2. The van der Waals surface area contributed by atoms with Crippen molar-refractivity contribution in [2.24, 2.45) is 5.73 Å². The average Bonchev–Trinajstić information content (AvgIpc) is 3.32. The molecule has 2 aromatic heterocycles. The Hall–Kier alpha value is -5.06. The Morgan fingerprint density at radius 1 is 1.10 bits per heavy atom. The van der Waals surface area contributed by atoms with Crippen molar-refractivity contribution in [3.63, 3.8) is 0 Å². The third-order valence-corrected chi connectivity index (χ3v) is 6.10. The van der Waals surface area contributed by atoms with Gasteiger partial charge in [0.2, 0.25) is 11.8 Å². The van der Waals surface area contributed by atoms with Gasteiger partial charge in [0.15, 0.2) is 11.6 Å². The van der Waals surface area contributed by atoms with E-state index in [1.54, 1.807) is 10.7 Å². The van der Waals surface area contributed by atoms with E-state index in [-0.39, 0.29) is 23.7 Å². The van der Waals surface area contributed by atoms with E-state index < -0.39 is 23.6 Å². The molecule has 11 heteroatoms. The van der Waals surface area contributed by atoms with Crippen LogP contribution >= 0.6 is 0 Å². The van der Waals surface area contributed by atoms with Gasteiger partial charge in [-0.1, -0.05) is 29.9 Å². The number of urea groups is 1. The normalized spacial score (nSPS) is 14.2. The number of anilines is 1. The summed E-state index contributed by atoms with van der Waals surface area (Å²) >= 11 is 0. The van der Waals surface area contributed by atoms with Gasteiger partial charge in [-0.3, -0.25) is 10.1 Å². The van der Waals surface area contributed by atoms with Gasteiger partial charge in [0.25, 0.3) is 0 Å². The van der Waals surface area contributed by atoms with E-state index in [0.717, 1.165) is 36.6 Å². The molecule has 9 nitrogen and oxygen atoms in total. The van der Waals surface area contributed by atoms with Gasteiger partial charge in [-0.25, -0.2) is 18.1 Å². The number of imide groups is 1. The van der Waals surface area contributed by atoms with Crippen LogP contribution in [0.15, 0.2) is 78.4 Å². The standard InChI is InChI=1S/C28H24F2N6O3/c29-20-5-1-18(2-6-20)14-25(37)35-28(38)34-22-9-10-24(23(30)15-22)39-27-26-19(11-12-36(26)33-16-32-27)13-17-3-7-21(31)8-4-17/h1-2,5-7,9-13,15-16H,3-4,8,14,31H2,(H2,34,35,37,38)/b17-13-. The van der Waals surface area contributed by atoms with Gasteiger partial charge in [-0.2, -0.15) is 10.1 Å². The third kappa shape index (κ3) is 6.27. The van der Waals surface area contributed by atoms with Crippen molar-refractivity contribution in [3.8, 4) is 11.6 Å². The zero-order chi connectivity index (χ0) is 27.4. The van der Waals surface area contributed by atoms with Gasteiger partial charge in [0, 0.05) is 29.2 Å². The van der Waals surface area contributed by atoms with Gasteiger partial charge < -0.3 is 15.8 Å². The molecule has 1 aliphatic rings. The lowest BCUT2D eigenvalue weighted by Crippen LogP contribution is -2.35. The van der Waals surface area contributed by atoms with Crippen molar-refractivity contribution in [1.29, 1.82) is 0 Å². The van der Waals surface area contributed by atoms with Crippen LogP contribution in [0.25, 0.3) is 11.6 Å². The van der Waals surface area contributed by atoms with Crippen LogP contribution in [0.5, 0.6) is 11.6 Å². The zero-order valence-corrected chi connectivity index (χ0v) is 20.7. The summed E-state index contributed by atoms with van der Waals surface area (Å²) in [7, 11) is 0. The van der Waals surface area contributed by atoms with E-state index in [2.05, 4.69) is 20.7 Å². The SMILES string of the molecule is NC1=CC/C(=C/c2ccn3ncnc(Oc4ccc(NC(=O)NC(=O)Cc5ccc(F)cc5)cc4F)c23)CC1. The van der Waals surface area contributed by atoms with Crippen LogP contribution in [0.1, 0.15) is 30.4 Å². The van der Waals surface area contributed by atoms with Gasteiger partial charge in [0.1, 0.15) is 17.7 Å². The molecule has 0 spiro atoms. The van der Waals surface area contributed by atoms with Crippen LogP contribution in [-0.4, -0.2) is 26.5 Å². The van der Waals surface area contributed by atoms with Crippen molar-refractivity contribution in [1.82, 2.24) is 19.9 Å². The monoisotopic (exact) mass is 530 g/mol. The highest BCUT2D eigenvalue weighted by Crippen LogP contribution is 2.32. The lowest BCUT2D eigenvalue weighted by Gasteiger charge is -2.13. The molecule has 2 aromatic carbocycles. The van der Waals surface area contributed by atoms with E-state index in [9.17, 15) is 18.4 Å². The molecule has 0 saturated carbocycles. The second kappa shape index (κ2) is 11.1. The summed E-state index contributed by atoms with van der Waals surface area (Å²) in [5.74, 6) is -1.72. The molecule has 0 unspecified atom stereocenters. The molecule has 0 fully saturated rings. The third-order valence-electron chi connectivity index (χ3n) is 6.10. The summed E-state index contributed by atoms with van der Waals surface area (Å²) in [6.07, 6.45) is 9.38. The minimum absolute atomic E-state index is 0.109. The summed E-state index contributed by atoms with van der Waals surface area (Å²) in [6, 6.07) is 10.2. The summed E-state index contributed by atoms with van der Waals surface area (Å²) in [5.41, 5.74) is 10.0. The number of halogens is 2. The summed E-state index contributed by atoms with van der Waals surface area (Å²) in [4.78, 5) is 28.5. The second-order valence-corrected chi connectivity index (χ2v) is 8.97. The Morgan fingerprint density at radius 2 is 1.92 bits per heavy atom. The number of carbonyl (C=O) groups excluding carboxylic acids is 2. The fourth-order valence-corrected chi connectivity index (χ4v) is 4.15. The quantitative estimate of drug-likeness (QED) is 0.319. The van der Waals surface area contributed by atoms with Crippen LogP contribution < -0.4 is 21.1 Å². The molecule has 0 aliphatic heterocycles. The van der Waals surface area contributed by atoms with E-state index in [1.807, 2.05) is 18.2 Å². The molecule has 2 heterocycles. The maximum Gasteiger partial charge on any atom is 0.325 e. The molecule has 4 N–H and O–H groups in total. The Morgan fingerprint density at radius 3 is 2.67 bits per heavy atom. The Kier molecular flexibility index (Phi) is 7.30. The first-order valence-electron chi connectivity index (χ1n) is 12.1. The Labute approximate surface area is 222 Å². The number of allylic oxidation sites excluding steroid dienone is 3. The first kappa shape index (κ1) is 25.6. The minimum Gasteiger partial charge on any atom is -0.434 e. The Bertz CT molecular complexity index is 1610. The van der Waals surface area contributed by atoms with Crippen molar-refractivity contribution in [2.45, 2.75) is 25.7 Å². The largest absolute Gasteiger partial charge is 0.434 e. The predicted molar refractivity (Wildman–Crippen MR) is 141 cm³/mol. The molecule has 198 valence electrons. The van der Waals surface area contributed by atoms with E-state index >= 15 is 0 Å².